The van der Waals surface area contributed by atoms with Gasteiger partial charge in [0.2, 0.25) is 0 Å². The zero-order valence-corrected chi connectivity index (χ0v) is 10.7. The van der Waals surface area contributed by atoms with E-state index in [2.05, 4.69) is 4.74 Å². The summed E-state index contributed by atoms with van der Waals surface area (Å²) >= 11 is 0. The molecule has 0 unspecified atom stereocenters. The first kappa shape index (κ1) is 16.2. The van der Waals surface area contributed by atoms with Gasteiger partial charge in [0.25, 0.3) is 5.91 Å². The molecule has 0 spiro atoms. The number of likely N-dealkylation sites (N-methyl/N-ethyl adjacent to an activating group) is 1. The molecule has 0 aromatic heterocycles. The summed E-state index contributed by atoms with van der Waals surface area (Å²) in [7, 11) is 1.26. The summed E-state index contributed by atoms with van der Waals surface area (Å²) in [6.45, 7) is -2.15. The van der Waals surface area contributed by atoms with E-state index in [0.717, 1.165) is 4.90 Å². The Morgan fingerprint density at radius 3 is 2.25 bits per heavy atom. The molecule has 0 radical (unpaired) electrons. The van der Waals surface area contributed by atoms with Crippen molar-refractivity contribution in [2.45, 2.75) is 19.6 Å². The number of halogens is 4. The minimum absolute atomic E-state index is 0.391. The second-order valence-corrected chi connectivity index (χ2v) is 4.09. The van der Waals surface area contributed by atoms with Gasteiger partial charge in [0.05, 0.1) is 12.6 Å². The van der Waals surface area contributed by atoms with Crippen LogP contribution in [0.5, 0.6) is 5.75 Å². The zero-order chi connectivity index (χ0) is 15.4. The summed E-state index contributed by atoms with van der Waals surface area (Å²) in [6.07, 6.45) is 0. The summed E-state index contributed by atoms with van der Waals surface area (Å²) in [5, 5.41) is 8.90. The molecule has 20 heavy (non-hydrogen) atoms. The van der Waals surface area contributed by atoms with Gasteiger partial charge >= 0.3 is 6.61 Å². The van der Waals surface area contributed by atoms with Crippen LogP contribution in [-0.4, -0.2) is 42.2 Å². The van der Waals surface area contributed by atoms with Crippen LogP contribution in [0.25, 0.3) is 0 Å². The van der Waals surface area contributed by atoms with E-state index in [-0.39, 0.29) is 0 Å². The molecule has 1 rings (SSSR count). The number of nitrogens with zero attached hydrogens (tertiary/aromatic N) is 1. The van der Waals surface area contributed by atoms with Crippen LogP contribution in [0.1, 0.15) is 17.3 Å². The SMILES string of the molecule is C[C@H](CO)N(C)C(=O)c1c(F)cc(OC(F)F)cc1F. The van der Waals surface area contributed by atoms with Crippen LogP contribution < -0.4 is 4.74 Å². The molecule has 1 atom stereocenters. The van der Waals surface area contributed by atoms with Crippen LogP contribution in [0.4, 0.5) is 17.6 Å². The molecule has 1 aromatic carbocycles. The van der Waals surface area contributed by atoms with Crippen LogP contribution in [-0.2, 0) is 0 Å². The van der Waals surface area contributed by atoms with Gasteiger partial charge < -0.3 is 14.7 Å². The topological polar surface area (TPSA) is 49.8 Å². The van der Waals surface area contributed by atoms with Gasteiger partial charge in [-0.3, -0.25) is 4.79 Å². The molecule has 0 aliphatic rings. The minimum Gasteiger partial charge on any atom is -0.435 e. The normalized spacial score (nSPS) is 12.4. The van der Waals surface area contributed by atoms with Crippen LogP contribution in [0, 0.1) is 11.6 Å². The quantitative estimate of drug-likeness (QED) is 0.846. The van der Waals surface area contributed by atoms with Crippen molar-refractivity contribution in [1.29, 1.82) is 0 Å². The molecule has 4 nitrogen and oxygen atoms in total. The molecule has 1 amide bonds. The second kappa shape index (κ2) is 6.56. The van der Waals surface area contributed by atoms with Gasteiger partial charge in [0.1, 0.15) is 22.9 Å². The number of hydrogen-bond acceptors (Lipinski definition) is 3. The standard InChI is InChI=1S/C12H13F4NO3/c1-6(5-18)17(2)11(19)10-8(13)3-7(4-9(10)14)20-12(15)16/h3-4,6,12,18H,5H2,1-2H3/t6-/m1/s1. The predicted molar refractivity (Wildman–Crippen MR) is 61.6 cm³/mol. The zero-order valence-electron chi connectivity index (χ0n) is 10.7. The molecule has 0 fully saturated rings. The van der Waals surface area contributed by atoms with E-state index in [1.54, 1.807) is 0 Å². The van der Waals surface area contributed by atoms with Gasteiger partial charge in [-0.15, -0.1) is 0 Å². The smallest absolute Gasteiger partial charge is 0.387 e. The Morgan fingerprint density at radius 1 is 1.35 bits per heavy atom. The van der Waals surface area contributed by atoms with Crippen molar-refractivity contribution in [3.05, 3.63) is 29.3 Å². The number of aliphatic hydroxyl groups excluding tert-OH is 1. The van der Waals surface area contributed by atoms with Gasteiger partial charge in [-0.1, -0.05) is 0 Å². The molecular weight excluding hydrogens is 282 g/mol. The third-order valence-corrected chi connectivity index (χ3v) is 2.70. The van der Waals surface area contributed by atoms with Gasteiger partial charge in [-0.2, -0.15) is 8.78 Å². The number of carbonyl (C=O) groups excluding carboxylic acids is 1. The summed E-state index contributed by atoms with van der Waals surface area (Å²) < 4.78 is 55.1. The number of alkyl halides is 2. The summed E-state index contributed by atoms with van der Waals surface area (Å²) in [5.41, 5.74) is -0.894. The fraction of sp³-hybridized carbons (Fsp3) is 0.417. The summed E-state index contributed by atoms with van der Waals surface area (Å²) in [6, 6.07) is 0.345. The average Bonchev–Trinajstić information content (AvgIpc) is 2.34. The van der Waals surface area contributed by atoms with Gasteiger partial charge in [-0.25, -0.2) is 8.78 Å². The highest BCUT2D eigenvalue weighted by molar-refractivity contribution is 5.95. The van der Waals surface area contributed by atoms with E-state index in [4.69, 9.17) is 5.11 Å². The lowest BCUT2D eigenvalue weighted by Gasteiger charge is -2.23. The van der Waals surface area contributed by atoms with Crippen molar-refractivity contribution in [2.75, 3.05) is 13.7 Å². The van der Waals surface area contributed by atoms with Crippen LogP contribution in [0.2, 0.25) is 0 Å². The van der Waals surface area contributed by atoms with E-state index in [1.807, 2.05) is 0 Å². The second-order valence-electron chi connectivity index (χ2n) is 4.09. The first-order valence-electron chi connectivity index (χ1n) is 5.59. The van der Waals surface area contributed by atoms with E-state index >= 15 is 0 Å². The number of carbonyl (C=O) groups is 1. The maximum absolute atomic E-state index is 13.7. The van der Waals surface area contributed by atoms with Crippen molar-refractivity contribution in [1.82, 2.24) is 4.90 Å². The lowest BCUT2D eigenvalue weighted by molar-refractivity contribution is -0.0501. The first-order chi connectivity index (χ1) is 9.27. The Hall–Kier alpha value is -1.83. The van der Waals surface area contributed by atoms with E-state index in [0.29, 0.717) is 12.1 Å². The van der Waals surface area contributed by atoms with Crippen LogP contribution >= 0.6 is 0 Å². The highest BCUT2D eigenvalue weighted by Crippen LogP contribution is 2.23. The average molecular weight is 295 g/mol. The Labute approximate surface area is 112 Å². The number of hydrogen-bond donors (Lipinski definition) is 1. The number of rotatable bonds is 5. The van der Waals surface area contributed by atoms with Crippen molar-refractivity contribution in [2.24, 2.45) is 0 Å². The fourth-order valence-electron chi connectivity index (χ4n) is 1.42. The third-order valence-electron chi connectivity index (χ3n) is 2.70. The molecule has 0 saturated carbocycles. The first-order valence-corrected chi connectivity index (χ1v) is 5.59. The molecular formula is C12H13F4NO3. The van der Waals surface area contributed by atoms with Gasteiger partial charge in [0, 0.05) is 19.2 Å². The molecule has 8 heteroatoms. The van der Waals surface area contributed by atoms with Crippen molar-refractivity contribution >= 4 is 5.91 Å². The molecule has 1 aromatic rings. The number of ether oxygens (including phenoxy) is 1. The van der Waals surface area contributed by atoms with Crippen molar-refractivity contribution in [3.63, 3.8) is 0 Å². The summed E-state index contributed by atoms with van der Waals surface area (Å²) in [4.78, 5) is 12.8. The minimum atomic E-state index is -3.23. The highest BCUT2D eigenvalue weighted by Gasteiger charge is 2.25. The molecule has 0 heterocycles. The van der Waals surface area contributed by atoms with E-state index < -0.39 is 48.1 Å². The third kappa shape index (κ3) is 3.60. The predicted octanol–water partition coefficient (Wildman–Crippen LogP) is 2.02. The Bertz CT molecular complexity index is 473. The molecule has 0 bridgehead atoms. The van der Waals surface area contributed by atoms with Gasteiger partial charge in [0.15, 0.2) is 0 Å². The Morgan fingerprint density at radius 2 is 1.85 bits per heavy atom. The highest BCUT2D eigenvalue weighted by atomic mass is 19.3. The largest absolute Gasteiger partial charge is 0.435 e. The van der Waals surface area contributed by atoms with Gasteiger partial charge in [-0.05, 0) is 6.92 Å². The molecule has 0 saturated heterocycles. The maximum atomic E-state index is 13.7. The maximum Gasteiger partial charge on any atom is 0.387 e. The Kier molecular flexibility index (Phi) is 5.32. The molecule has 112 valence electrons. The van der Waals surface area contributed by atoms with E-state index in [9.17, 15) is 22.4 Å². The number of aliphatic hydroxyl groups is 1. The lowest BCUT2D eigenvalue weighted by Crippen LogP contribution is -2.38. The molecule has 1 N–H and O–H groups in total. The Balaban J connectivity index is 3.10. The number of benzene rings is 1. The molecule has 0 aliphatic heterocycles. The summed E-state index contributed by atoms with van der Waals surface area (Å²) in [5.74, 6) is -4.36. The van der Waals surface area contributed by atoms with E-state index in [1.165, 1.54) is 14.0 Å². The molecule has 0 aliphatic carbocycles. The monoisotopic (exact) mass is 295 g/mol. The van der Waals surface area contributed by atoms with Crippen molar-refractivity contribution in [3.8, 4) is 5.75 Å². The van der Waals surface area contributed by atoms with Crippen molar-refractivity contribution < 1.29 is 32.2 Å². The van der Waals surface area contributed by atoms with Crippen LogP contribution in [0.15, 0.2) is 12.1 Å². The lowest BCUT2D eigenvalue weighted by atomic mass is 10.1. The van der Waals surface area contributed by atoms with Crippen LogP contribution in [0.3, 0.4) is 0 Å². The fourth-order valence-corrected chi connectivity index (χ4v) is 1.42. The number of amides is 1.